The van der Waals surface area contributed by atoms with E-state index in [1.165, 1.54) is 17.3 Å². The van der Waals surface area contributed by atoms with E-state index in [1.54, 1.807) is 0 Å². The number of carbonyl (C=O) groups excluding carboxylic acids is 1. The van der Waals surface area contributed by atoms with Gasteiger partial charge in [-0.2, -0.15) is 0 Å². The second kappa shape index (κ2) is 9.40. The molecule has 0 spiro atoms. The third kappa shape index (κ3) is 4.60. The van der Waals surface area contributed by atoms with Crippen LogP contribution in [0.25, 0.3) is 17.1 Å². The van der Waals surface area contributed by atoms with Crippen molar-refractivity contribution in [3.63, 3.8) is 0 Å². The number of carbonyl (C=O) groups is 1. The van der Waals surface area contributed by atoms with Crippen LogP contribution in [0.5, 0.6) is 0 Å². The Morgan fingerprint density at radius 2 is 1.53 bits per heavy atom. The first kappa shape index (κ1) is 21.8. The molecule has 0 fully saturated rings. The van der Waals surface area contributed by atoms with Gasteiger partial charge >= 0.3 is 0 Å². The van der Waals surface area contributed by atoms with E-state index in [2.05, 4.69) is 34.6 Å². The highest BCUT2D eigenvalue weighted by Gasteiger charge is 2.22. The van der Waals surface area contributed by atoms with Gasteiger partial charge in [-0.15, -0.1) is 10.2 Å². The molecule has 162 valence electrons. The first-order valence-electron chi connectivity index (χ1n) is 10.6. The minimum atomic E-state index is -0.355. The average molecular weight is 443 g/mol. The summed E-state index contributed by atoms with van der Waals surface area (Å²) >= 11 is 1.40. The van der Waals surface area contributed by atoms with Crippen molar-refractivity contribution in [2.45, 2.75) is 38.1 Å². The highest BCUT2D eigenvalue weighted by Crippen LogP contribution is 2.31. The maximum Gasteiger partial charge on any atom is 0.237 e. The zero-order valence-electron chi connectivity index (χ0n) is 18.7. The van der Waals surface area contributed by atoms with Crippen molar-refractivity contribution < 1.29 is 4.79 Å². The smallest absolute Gasteiger partial charge is 0.237 e. The Bertz CT molecular complexity index is 1210. The number of hydrogen-bond acceptors (Lipinski definition) is 4. The molecule has 0 aliphatic heterocycles. The second-order valence-electron chi connectivity index (χ2n) is 7.86. The molecule has 32 heavy (non-hydrogen) atoms. The van der Waals surface area contributed by atoms with E-state index < -0.39 is 0 Å². The largest absolute Gasteiger partial charge is 0.325 e. The fourth-order valence-corrected chi connectivity index (χ4v) is 4.36. The molecule has 1 atom stereocenters. The van der Waals surface area contributed by atoms with Crippen LogP contribution in [0.15, 0.2) is 78.0 Å². The molecule has 0 radical (unpaired) electrons. The van der Waals surface area contributed by atoms with E-state index in [-0.39, 0.29) is 11.2 Å². The van der Waals surface area contributed by atoms with Crippen LogP contribution in [-0.2, 0) is 4.79 Å². The van der Waals surface area contributed by atoms with Crippen molar-refractivity contribution >= 4 is 23.4 Å². The summed E-state index contributed by atoms with van der Waals surface area (Å²) in [4.78, 5) is 13.0. The van der Waals surface area contributed by atoms with Crippen LogP contribution >= 0.6 is 11.8 Å². The van der Waals surface area contributed by atoms with Crippen molar-refractivity contribution in [2.24, 2.45) is 0 Å². The third-order valence-corrected chi connectivity index (χ3v) is 6.38. The monoisotopic (exact) mass is 442 g/mol. The van der Waals surface area contributed by atoms with Gasteiger partial charge in [-0.25, -0.2) is 0 Å². The van der Waals surface area contributed by atoms with Crippen LogP contribution in [0.4, 0.5) is 5.69 Å². The standard InChI is InChI=1S/C26H26N4OS/c1-17-13-15-21(16-14-17)24-28-29-26(30(24)22-11-6-5-7-12-22)32-20(4)25(31)27-23-18(2)9-8-10-19(23)3/h5-16,20H,1-4H3,(H,27,31). The quantitative estimate of drug-likeness (QED) is 0.373. The number of para-hydroxylation sites is 2. The minimum absolute atomic E-state index is 0.0631. The number of amides is 1. The molecule has 1 amide bonds. The van der Waals surface area contributed by atoms with Gasteiger partial charge in [-0.1, -0.05) is 78.0 Å². The Morgan fingerprint density at radius 1 is 0.875 bits per heavy atom. The van der Waals surface area contributed by atoms with Gasteiger partial charge < -0.3 is 5.32 Å². The Balaban J connectivity index is 1.65. The van der Waals surface area contributed by atoms with Gasteiger partial charge in [0.15, 0.2) is 11.0 Å². The number of nitrogens with one attached hydrogen (secondary N) is 1. The summed E-state index contributed by atoms with van der Waals surface area (Å²) < 4.78 is 2.01. The van der Waals surface area contributed by atoms with Crippen LogP contribution in [0, 0.1) is 20.8 Å². The lowest BCUT2D eigenvalue weighted by Gasteiger charge is -2.16. The van der Waals surface area contributed by atoms with Crippen LogP contribution in [-0.4, -0.2) is 25.9 Å². The van der Waals surface area contributed by atoms with E-state index in [1.807, 2.05) is 86.0 Å². The number of rotatable bonds is 6. The van der Waals surface area contributed by atoms with Gasteiger partial charge in [0.05, 0.1) is 5.25 Å². The van der Waals surface area contributed by atoms with Crippen molar-refractivity contribution in [1.29, 1.82) is 0 Å². The lowest BCUT2D eigenvalue weighted by atomic mass is 10.1. The van der Waals surface area contributed by atoms with Gasteiger partial charge in [-0.05, 0) is 51.0 Å². The first-order chi connectivity index (χ1) is 15.4. The van der Waals surface area contributed by atoms with Gasteiger partial charge in [0.2, 0.25) is 5.91 Å². The molecule has 1 unspecified atom stereocenters. The molecule has 4 rings (SSSR count). The van der Waals surface area contributed by atoms with Crippen molar-refractivity contribution in [2.75, 3.05) is 5.32 Å². The van der Waals surface area contributed by atoms with E-state index in [9.17, 15) is 4.79 Å². The molecule has 1 N–H and O–H groups in total. The SMILES string of the molecule is Cc1ccc(-c2nnc(SC(C)C(=O)Nc3c(C)cccc3C)n2-c2ccccc2)cc1. The lowest BCUT2D eigenvalue weighted by molar-refractivity contribution is -0.115. The molecule has 6 heteroatoms. The summed E-state index contributed by atoms with van der Waals surface area (Å²) in [5.41, 5.74) is 6.08. The van der Waals surface area contributed by atoms with Gasteiger partial charge in [0, 0.05) is 16.9 Å². The predicted molar refractivity (Wildman–Crippen MR) is 131 cm³/mol. The molecule has 0 saturated heterocycles. The number of benzene rings is 3. The normalized spacial score (nSPS) is 11.9. The van der Waals surface area contributed by atoms with Crippen LogP contribution in [0.3, 0.4) is 0 Å². The molecule has 0 aliphatic rings. The molecule has 3 aromatic carbocycles. The highest BCUT2D eigenvalue weighted by molar-refractivity contribution is 8.00. The molecule has 0 bridgehead atoms. The summed E-state index contributed by atoms with van der Waals surface area (Å²) in [5, 5.41) is 12.3. The number of aromatic nitrogens is 3. The van der Waals surface area contributed by atoms with E-state index in [0.29, 0.717) is 5.16 Å². The molecule has 4 aromatic rings. The summed E-state index contributed by atoms with van der Waals surface area (Å²) in [6, 6.07) is 24.2. The number of aryl methyl sites for hydroxylation is 3. The first-order valence-corrected chi connectivity index (χ1v) is 11.4. The van der Waals surface area contributed by atoms with E-state index in [4.69, 9.17) is 0 Å². The minimum Gasteiger partial charge on any atom is -0.325 e. The summed E-state index contributed by atoms with van der Waals surface area (Å²) in [5.74, 6) is 0.688. The maximum absolute atomic E-state index is 13.0. The van der Waals surface area contributed by atoms with E-state index >= 15 is 0 Å². The topological polar surface area (TPSA) is 59.8 Å². The number of thioether (sulfide) groups is 1. The Hall–Kier alpha value is -3.38. The number of anilines is 1. The Kier molecular flexibility index (Phi) is 6.42. The molecule has 0 saturated carbocycles. The van der Waals surface area contributed by atoms with Gasteiger partial charge in [0.1, 0.15) is 0 Å². The van der Waals surface area contributed by atoms with Crippen molar-refractivity contribution in [3.05, 3.63) is 89.5 Å². The second-order valence-corrected chi connectivity index (χ2v) is 9.17. The highest BCUT2D eigenvalue weighted by atomic mass is 32.2. The van der Waals surface area contributed by atoms with Gasteiger partial charge in [0.25, 0.3) is 0 Å². The molecule has 0 aliphatic carbocycles. The predicted octanol–water partition coefficient (Wildman–Crippen LogP) is 5.98. The summed E-state index contributed by atoms with van der Waals surface area (Å²) in [7, 11) is 0. The third-order valence-electron chi connectivity index (χ3n) is 5.34. The Morgan fingerprint density at radius 3 is 2.19 bits per heavy atom. The molecule has 1 aromatic heterocycles. The average Bonchev–Trinajstić information content (AvgIpc) is 3.20. The zero-order valence-corrected chi connectivity index (χ0v) is 19.5. The molecular weight excluding hydrogens is 416 g/mol. The molecular formula is C26H26N4OS. The van der Waals surface area contributed by atoms with Crippen LogP contribution < -0.4 is 5.32 Å². The summed E-state index contributed by atoms with van der Waals surface area (Å²) in [6.45, 7) is 7.95. The molecule has 5 nitrogen and oxygen atoms in total. The fourth-order valence-electron chi connectivity index (χ4n) is 3.49. The summed E-state index contributed by atoms with van der Waals surface area (Å²) in [6.07, 6.45) is 0. The zero-order chi connectivity index (χ0) is 22.7. The van der Waals surface area contributed by atoms with Crippen molar-refractivity contribution in [1.82, 2.24) is 14.8 Å². The van der Waals surface area contributed by atoms with Crippen molar-refractivity contribution in [3.8, 4) is 17.1 Å². The Labute approximate surface area is 192 Å². The lowest BCUT2D eigenvalue weighted by Crippen LogP contribution is -2.23. The number of nitrogens with zero attached hydrogens (tertiary/aromatic N) is 3. The van der Waals surface area contributed by atoms with Crippen LogP contribution in [0.1, 0.15) is 23.6 Å². The van der Waals surface area contributed by atoms with E-state index in [0.717, 1.165) is 33.9 Å². The molecule has 1 heterocycles. The van der Waals surface area contributed by atoms with Crippen LogP contribution in [0.2, 0.25) is 0 Å². The van der Waals surface area contributed by atoms with Gasteiger partial charge in [-0.3, -0.25) is 9.36 Å². The maximum atomic E-state index is 13.0. The fraction of sp³-hybridized carbons (Fsp3) is 0.192. The number of hydrogen-bond donors (Lipinski definition) is 1.